The van der Waals surface area contributed by atoms with E-state index >= 15 is 0 Å². The van der Waals surface area contributed by atoms with E-state index in [1.54, 1.807) is 0 Å². The van der Waals surface area contributed by atoms with Crippen molar-refractivity contribution in [3.05, 3.63) is 59.7 Å². The molecule has 8 heteroatoms. The van der Waals surface area contributed by atoms with Gasteiger partial charge < -0.3 is 0 Å². The number of nitrogens with one attached hydrogen (secondary N) is 1. The first kappa shape index (κ1) is 17.5. The Hall–Kier alpha value is -2.32. The molecule has 25 heavy (non-hydrogen) atoms. The molecule has 2 aromatic carbocycles. The van der Waals surface area contributed by atoms with Gasteiger partial charge in [-0.25, -0.2) is 19.2 Å². The number of thioether (sulfide) groups is 1. The molecule has 3 aromatic rings. The minimum atomic E-state index is -0.723. The molecule has 1 amide bonds. The minimum absolute atomic E-state index is 0.139. The zero-order valence-corrected chi connectivity index (χ0v) is 14.8. The first-order valence-electron chi connectivity index (χ1n) is 7.30. The summed E-state index contributed by atoms with van der Waals surface area (Å²) in [4.78, 5) is 16.3. The van der Waals surface area contributed by atoms with E-state index in [-0.39, 0.29) is 22.9 Å². The van der Waals surface area contributed by atoms with Gasteiger partial charge in [0.05, 0.1) is 21.7 Å². The molecule has 4 nitrogen and oxygen atoms in total. The predicted octanol–water partition coefficient (Wildman–Crippen LogP) is 4.21. The third kappa shape index (κ3) is 4.40. The van der Waals surface area contributed by atoms with Crippen molar-refractivity contribution in [1.82, 2.24) is 10.4 Å². The molecule has 1 aromatic heterocycles. The molecule has 0 atom stereocenters. The Morgan fingerprint density at radius 1 is 1.28 bits per heavy atom. The van der Waals surface area contributed by atoms with Gasteiger partial charge in [-0.15, -0.1) is 11.3 Å². The van der Waals surface area contributed by atoms with Gasteiger partial charge in [0, 0.05) is 11.6 Å². The van der Waals surface area contributed by atoms with Crippen molar-refractivity contribution in [1.29, 1.82) is 0 Å². The Morgan fingerprint density at radius 3 is 2.84 bits per heavy atom. The van der Waals surface area contributed by atoms with Gasteiger partial charge in [-0.05, 0) is 31.2 Å². The van der Waals surface area contributed by atoms with E-state index in [1.165, 1.54) is 36.1 Å². The summed E-state index contributed by atoms with van der Waals surface area (Å²) in [5, 5.41) is 3.86. The summed E-state index contributed by atoms with van der Waals surface area (Å²) >= 11 is 2.82. The lowest BCUT2D eigenvalue weighted by Crippen LogP contribution is -2.21. The second-order valence-corrected chi connectivity index (χ2v) is 7.35. The Balaban J connectivity index is 1.58. The van der Waals surface area contributed by atoms with Crippen LogP contribution in [0.1, 0.15) is 12.5 Å². The van der Waals surface area contributed by atoms with Gasteiger partial charge in [0.25, 0.3) is 5.91 Å². The predicted molar refractivity (Wildman–Crippen MR) is 97.1 cm³/mol. The quantitative estimate of drug-likeness (QED) is 0.412. The summed E-state index contributed by atoms with van der Waals surface area (Å²) in [5.74, 6) is -1.57. The van der Waals surface area contributed by atoms with E-state index in [0.717, 1.165) is 26.7 Å². The molecule has 0 aliphatic heterocycles. The first-order valence-corrected chi connectivity index (χ1v) is 9.10. The van der Waals surface area contributed by atoms with E-state index in [4.69, 9.17) is 0 Å². The highest BCUT2D eigenvalue weighted by molar-refractivity contribution is 8.01. The number of aromatic nitrogens is 1. The lowest BCUT2D eigenvalue weighted by Gasteiger charge is -2.04. The zero-order valence-electron chi connectivity index (χ0n) is 13.1. The number of halogens is 2. The molecule has 0 aliphatic rings. The van der Waals surface area contributed by atoms with Crippen molar-refractivity contribution in [2.24, 2.45) is 5.10 Å². The Labute approximate surface area is 151 Å². The highest BCUT2D eigenvalue weighted by Crippen LogP contribution is 2.28. The molecule has 0 saturated carbocycles. The van der Waals surface area contributed by atoms with E-state index < -0.39 is 11.6 Å². The van der Waals surface area contributed by atoms with Crippen LogP contribution in [-0.2, 0) is 4.79 Å². The molecule has 0 spiro atoms. The number of amides is 1. The van der Waals surface area contributed by atoms with Crippen molar-refractivity contribution in [3.63, 3.8) is 0 Å². The van der Waals surface area contributed by atoms with Crippen LogP contribution in [0.2, 0.25) is 0 Å². The number of para-hydroxylation sites is 1. The number of hydrogen-bond donors (Lipinski definition) is 1. The van der Waals surface area contributed by atoms with Crippen LogP contribution in [0, 0.1) is 11.6 Å². The summed E-state index contributed by atoms with van der Waals surface area (Å²) in [5.41, 5.74) is 3.67. The fourth-order valence-electron chi connectivity index (χ4n) is 2.06. The van der Waals surface area contributed by atoms with Gasteiger partial charge in [-0.3, -0.25) is 4.79 Å². The van der Waals surface area contributed by atoms with Gasteiger partial charge in [0.2, 0.25) is 0 Å². The minimum Gasteiger partial charge on any atom is -0.272 e. The maximum atomic E-state index is 13.7. The van der Waals surface area contributed by atoms with Crippen LogP contribution in [-0.4, -0.2) is 22.4 Å². The van der Waals surface area contributed by atoms with Crippen molar-refractivity contribution >= 4 is 44.9 Å². The summed E-state index contributed by atoms with van der Waals surface area (Å²) < 4.78 is 28.4. The molecule has 1 heterocycles. The molecular weight excluding hydrogens is 364 g/mol. The third-order valence-corrected chi connectivity index (χ3v) is 5.45. The number of benzene rings is 2. The second kappa shape index (κ2) is 7.71. The van der Waals surface area contributed by atoms with Gasteiger partial charge in [-0.1, -0.05) is 23.9 Å². The molecular formula is C17H13F2N3OS2. The average molecular weight is 377 g/mol. The zero-order chi connectivity index (χ0) is 17.8. The number of rotatable bonds is 5. The van der Waals surface area contributed by atoms with E-state index in [9.17, 15) is 13.6 Å². The molecule has 1 N–H and O–H groups in total. The van der Waals surface area contributed by atoms with Crippen LogP contribution >= 0.6 is 23.1 Å². The second-order valence-electron chi connectivity index (χ2n) is 5.09. The van der Waals surface area contributed by atoms with Gasteiger partial charge in [0.15, 0.2) is 4.34 Å². The first-order chi connectivity index (χ1) is 12.0. The fraction of sp³-hybridized carbons (Fsp3) is 0.118. The highest BCUT2D eigenvalue weighted by Gasteiger charge is 2.09. The van der Waals surface area contributed by atoms with Crippen molar-refractivity contribution < 1.29 is 13.6 Å². The molecule has 0 saturated heterocycles. The van der Waals surface area contributed by atoms with Crippen LogP contribution in [0.5, 0.6) is 0 Å². The maximum absolute atomic E-state index is 13.7. The Morgan fingerprint density at radius 2 is 2.08 bits per heavy atom. The van der Waals surface area contributed by atoms with Crippen LogP contribution in [0.4, 0.5) is 8.78 Å². The third-order valence-electron chi connectivity index (χ3n) is 3.27. The fourth-order valence-corrected chi connectivity index (χ4v) is 3.92. The highest BCUT2D eigenvalue weighted by atomic mass is 32.2. The van der Waals surface area contributed by atoms with Crippen LogP contribution in [0.3, 0.4) is 0 Å². The van der Waals surface area contributed by atoms with Crippen LogP contribution in [0.15, 0.2) is 51.9 Å². The lowest BCUT2D eigenvalue weighted by molar-refractivity contribution is -0.118. The van der Waals surface area contributed by atoms with Crippen molar-refractivity contribution in [2.75, 3.05) is 5.75 Å². The monoisotopic (exact) mass is 377 g/mol. The lowest BCUT2D eigenvalue weighted by atomic mass is 10.1. The van der Waals surface area contributed by atoms with Crippen molar-refractivity contribution in [2.45, 2.75) is 11.3 Å². The number of nitrogens with zero attached hydrogens (tertiary/aromatic N) is 2. The maximum Gasteiger partial charge on any atom is 0.250 e. The van der Waals surface area contributed by atoms with Crippen molar-refractivity contribution in [3.8, 4) is 0 Å². The molecule has 0 bridgehead atoms. The molecule has 0 aliphatic carbocycles. The standard InChI is InChI=1S/C17H13F2N3OS2/c1-10(12-7-6-11(18)8-13(12)19)21-22-16(23)9-24-17-20-14-4-2-3-5-15(14)25-17/h2-8H,9H2,1H3,(H,22,23)/b21-10-. The van der Waals surface area contributed by atoms with Crippen LogP contribution < -0.4 is 5.43 Å². The molecule has 0 unspecified atom stereocenters. The molecule has 3 rings (SSSR count). The van der Waals surface area contributed by atoms with Crippen LogP contribution in [0.25, 0.3) is 10.2 Å². The topological polar surface area (TPSA) is 54.4 Å². The summed E-state index contributed by atoms with van der Waals surface area (Å²) in [6.07, 6.45) is 0. The molecule has 128 valence electrons. The molecule has 0 radical (unpaired) electrons. The summed E-state index contributed by atoms with van der Waals surface area (Å²) in [6.45, 7) is 1.54. The summed E-state index contributed by atoms with van der Waals surface area (Å²) in [7, 11) is 0. The largest absolute Gasteiger partial charge is 0.272 e. The summed E-state index contributed by atoms with van der Waals surface area (Å²) in [6, 6.07) is 10.9. The van der Waals surface area contributed by atoms with E-state index in [2.05, 4.69) is 15.5 Å². The van der Waals surface area contributed by atoms with E-state index in [0.29, 0.717) is 0 Å². The number of carbonyl (C=O) groups is 1. The number of fused-ring (bicyclic) bond motifs is 1. The van der Waals surface area contributed by atoms with Gasteiger partial charge in [-0.2, -0.15) is 5.10 Å². The van der Waals surface area contributed by atoms with E-state index in [1.807, 2.05) is 24.3 Å². The number of carbonyl (C=O) groups excluding carboxylic acids is 1. The average Bonchev–Trinajstić information content (AvgIpc) is 3.01. The number of thiazole rings is 1. The normalized spacial score (nSPS) is 11.7. The Bertz CT molecular complexity index is 923. The smallest absolute Gasteiger partial charge is 0.250 e. The number of hydrogen-bond acceptors (Lipinski definition) is 5. The number of hydrazone groups is 1. The van der Waals surface area contributed by atoms with Gasteiger partial charge in [0.1, 0.15) is 11.6 Å². The van der Waals surface area contributed by atoms with Gasteiger partial charge >= 0.3 is 0 Å². The molecule has 0 fully saturated rings. The SMILES string of the molecule is C/C(=N/NC(=O)CSc1nc2ccccc2s1)c1ccc(F)cc1F. The Kier molecular flexibility index (Phi) is 5.40.